The van der Waals surface area contributed by atoms with Gasteiger partial charge in [-0.25, -0.2) is 4.39 Å². The molecule has 4 heteroatoms. The zero-order valence-corrected chi connectivity index (χ0v) is 12.9. The number of hydrogen-bond acceptors (Lipinski definition) is 3. The fourth-order valence-corrected chi connectivity index (χ4v) is 2.94. The lowest BCUT2D eigenvalue weighted by atomic mass is 10.2. The third-order valence-electron chi connectivity index (χ3n) is 4.55. The molecular formula is C17H26FN3. The summed E-state index contributed by atoms with van der Waals surface area (Å²) in [7, 11) is 1.98. The van der Waals surface area contributed by atoms with Crippen LogP contribution in [0.25, 0.3) is 0 Å². The molecule has 0 bridgehead atoms. The van der Waals surface area contributed by atoms with Crippen molar-refractivity contribution in [2.24, 2.45) is 0 Å². The summed E-state index contributed by atoms with van der Waals surface area (Å²) in [5.41, 5.74) is 1.75. The van der Waals surface area contributed by atoms with Gasteiger partial charge >= 0.3 is 0 Å². The van der Waals surface area contributed by atoms with Gasteiger partial charge in [-0.15, -0.1) is 0 Å². The van der Waals surface area contributed by atoms with E-state index in [1.54, 1.807) is 6.07 Å². The maximum Gasteiger partial charge on any atom is 0.146 e. The van der Waals surface area contributed by atoms with Gasteiger partial charge in [-0.3, -0.25) is 0 Å². The van der Waals surface area contributed by atoms with Crippen LogP contribution < -0.4 is 10.2 Å². The monoisotopic (exact) mass is 291 g/mol. The molecule has 1 heterocycles. The Morgan fingerprint density at radius 3 is 2.71 bits per heavy atom. The normalized spacial score (nSPS) is 19.1. The number of likely N-dealkylation sites (N-methyl/N-ethyl adjacent to an activating group) is 1. The molecule has 0 spiro atoms. The van der Waals surface area contributed by atoms with Crippen LogP contribution in [0, 0.1) is 5.82 Å². The summed E-state index contributed by atoms with van der Waals surface area (Å²) in [5.74, 6) is -0.103. The Kier molecular flexibility index (Phi) is 4.76. The third-order valence-corrected chi connectivity index (χ3v) is 4.55. The summed E-state index contributed by atoms with van der Waals surface area (Å²) in [6.45, 7) is 5.08. The van der Waals surface area contributed by atoms with E-state index in [1.807, 2.05) is 24.1 Å². The van der Waals surface area contributed by atoms with Crippen LogP contribution in [0.2, 0.25) is 0 Å². The predicted molar refractivity (Wildman–Crippen MR) is 85.2 cm³/mol. The molecule has 1 saturated carbocycles. The molecule has 1 aliphatic heterocycles. The number of rotatable bonds is 7. The van der Waals surface area contributed by atoms with E-state index in [-0.39, 0.29) is 5.82 Å². The first-order chi connectivity index (χ1) is 10.2. The number of halogens is 1. The molecule has 1 aromatic rings. The van der Waals surface area contributed by atoms with Crippen LogP contribution in [0.3, 0.4) is 0 Å². The molecule has 2 aliphatic rings. The maximum atomic E-state index is 14.3. The summed E-state index contributed by atoms with van der Waals surface area (Å²) >= 11 is 0. The Morgan fingerprint density at radius 1 is 1.29 bits per heavy atom. The number of benzene rings is 1. The molecular weight excluding hydrogens is 265 g/mol. The molecule has 21 heavy (non-hydrogen) atoms. The van der Waals surface area contributed by atoms with E-state index in [2.05, 4.69) is 10.2 Å². The van der Waals surface area contributed by atoms with E-state index < -0.39 is 0 Å². The largest absolute Gasteiger partial charge is 0.371 e. The first kappa shape index (κ1) is 14.8. The molecule has 0 radical (unpaired) electrons. The quantitative estimate of drug-likeness (QED) is 0.833. The van der Waals surface area contributed by atoms with Gasteiger partial charge < -0.3 is 15.1 Å². The fourth-order valence-electron chi connectivity index (χ4n) is 2.94. The van der Waals surface area contributed by atoms with Gasteiger partial charge in [0.2, 0.25) is 0 Å². The second kappa shape index (κ2) is 6.75. The van der Waals surface area contributed by atoms with Crippen molar-refractivity contribution >= 4 is 5.69 Å². The summed E-state index contributed by atoms with van der Waals surface area (Å²) in [6, 6.07) is 6.30. The first-order valence-electron chi connectivity index (χ1n) is 8.18. The van der Waals surface area contributed by atoms with E-state index >= 15 is 0 Å². The molecule has 3 nitrogen and oxygen atoms in total. The minimum Gasteiger partial charge on any atom is -0.371 e. The lowest BCUT2D eigenvalue weighted by molar-refractivity contribution is 0.346. The predicted octanol–water partition coefficient (Wildman–Crippen LogP) is 2.61. The Balaban J connectivity index is 1.52. The van der Waals surface area contributed by atoms with Crippen LogP contribution in [0.1, 0.15) is 31.2 Å². The van der Waals surface area contributed by atoms with Crippen LogP contribution in [-0.2, 0) is 6.54 Å². The van der Waals surface area contributed by atoms with E-state index in [4.69, 9.17) is 0 Å². The minimum absolute atomic E-state index is 0.103. The Labute approximate surface area is 127 Å². The van der Waals surface area contributed by atoms with Gasteiger partial charge in [-0.2, -0.15) is 0 Å². The number of nitrogens with one attached hydrogen (secondary N) is 1. The van der Waals surface area contributed by atoms with Gasteiger partial charge in [0.1, 0.15) is 5.82 Å². The highest BCUT2D eigenvalue weighted by molar-refractivity contribution is 5.48. The van der Waals surface area contributed by atoms with Gasteiger partial charge in [0, 0.05) is 32.7 Å². The van der Waals surface area contributed by atoms with Crippen molar-refractivity contribution in [3.05, 3.63) is 29.6 Å². The molecule has 3 rings (SSSR count). The topological polar surface area (TPSA) is 18.5 Å². The van der Waals surface area contributed by atoms with E-state index in [1.165, 1.54) is 38.8 Å². The zero-order chi connectivity index (χ0) is 14.7. The lowest BCUT2D eigenvalue weighted by Crippen LogP contribution is -2.31. The van der Waals surface area contributed by atoms with Crippen LogP contribution in [-0.4, -0.2) is 44.2 Å². The highest BCUT2D eigenvalue weighted by Gasteiger charge is 2.20. The zero-order valence-electron chi connectivity index (χ0n) is 12.9. The van der Waals surface area contributed by atoms with Crippen LogP contribution in [0.4, 0.5) is 10.1 Å². The summed E-state index contributed by atoms with van der Waals surface area (Å²) in [6.07, 6.45) is 5.14. The molecule has 0 amide bonds. The molecule has 0 atom stereocenters. The number of nitrogens with zero attached hydrogens (tertiary/aromatic N) is 2. The molecule has 1 aliphatic carbocycles. The lowest BCUT2D eigenvalue weighted by Gasteiger charge is -2.23. The van der Waals surface area contributed by atoms with Gasteiger partial charge in [-0.05, 0) is 56.5 Å². The third kappa shape index (κ3) is 4.17. The van der Waals surface area contributed by atoms with E-state index in [0.29, 0.717) is 11.7 Å². The van der Waals surface area contributed by atoms with Crippen molar-refractivity contribution in [1.82, 2.24) is 10.2 Å². The summed E-state index contributed by atoms with van der Waals surface area (Å²) < 4.78 is 14.3. The van der Waals surface area contributed by atoms with Crippen LogP contribution >= 0.6 is 0 Å². The van der Waals surface area contributed by atoms with Crippen molar-refractivity contribution in [3.63, 3.8) is 0 Å². The fraction of sp³-hybridized carbons (Fsp3) is 0.647. The van der Waals surface area contributed by atoms with E-state index in [0.717, 1.165) is 25.2 Å². The second-order valence-corrected chi connectivity index (χ2v) is 6.41. The molecule has 116 valence electrons. The van der Waals surface area contributed by atoms with Crippen molar-refractivity contribution in [1.29, 1.82) is 0 Å². The highest BCUT2D eigenvalue weighted by atomic mass is 19.1. The van der Waals surface area contributed by atoms with Crippen LogP contribution in [0.15, 0.2) is 18.2 Å². The van der Waals surface area contributed by atoms with Gasteiger partial charge in [-0.1, -0.05) is 6.07 Å². The molecule has 1 saturated heterocycles. The van der Waals surface area contributed by atoms with Gasteiger partial charge in [0.25, 0.3) is 0 Å². The van der Waals surface area contributed by atoms with Crippen molar-refractivity contribution in [2.45, 2.75) is 38.3 Å². The number of likely N-dealkylation sites (tertiary alicyclic amines) is 1. The van der Waals surface area contributed by atoms with E-state index in [9.17, 15) is 4.39 Å². The summed E-state index contributed by atoms with van der Waals surface area (Å²) in [5, 5.41) is 3.42. The minimum atomic E-state index is -0.103. The van der Waals surface area contributed by atoms with Gasteiger partial charge in [0.15, 0.2) is 0 Å². The smallest absolute Gasteiger partial charge is 0.146 e. The molecule has 2 fully saturated rings. The highest BCUT2D eigenvalue weighted by Crippen LogP contribution is 2.22. The number of hydrogen-bond donors (Lipinski definition) is 1. The first-order valence-corrected chi connectivity index (χ1v) is 8.18. The Bertz CT molecular complexity index is 467. The average molecular weight is 291 g/mol. The summed E-state index contributed by atoms with van der Waals surface area (Å²) in [4.78, 5) is 4.49. The molecule has 1 aromatic carbocycles. The van der Waals surface area contributed by atoms with Crippen molar-refractivity contribution < 1.29 is 4.39 Å². The van der Waals surface area contributed by atoms with Crippen LogP contribution in [0.5, 0.6) is 0 Å². The number of anilines is 1. The second-order valence-electron chi connectivity index (χ2n) is 6.41. The molecule has 0 unspecified atom stereocenters. The average Bonchev–Trinajstić information content (AvgIpc) is 3.16. The van der Waals surface area contributed by atoms with Crippen molar-refractivity contribution in [3.8, 4) is 0 Å². The molecule has 1 N–H and O–H groups in total. The van der Waals surface area contributed by atoms with Crippen molar-refractivity contribution in [2.75, 3.05) is 38.1 Å². The van der Waals surface area contributed by atoms with Gasteiger partial charge in [0.05, 0.1) is 5.69 Å². The maximum absolute atomic E-state index is 14.3. The Morgan fingerprint density at radius 2 is 2.05 bits per heavy atom. The SMILES string of the molecule is CN(CCN1CCCC1)c1ccc(CNC2CC2)cc1F. The standard InChI is InChI=1S/C17H26FN3/c1-20(10-11-21-8-2-3-9-21)17-7-4-14(12-16(17)18)13-19-15-5-6-15/h4,7,12,15,19H,2-3,5-6,8-11,13H2,1H3. The Hall–Kier alpha value is -1.13. The molecule has 0 aromatic heterocycles.